The van der Waals surface area contributed by atoms with Gasteiger partial charge in [-0.05, 0) is 51.4 Å². The molecular formula is C15H22F2N2. The van der Waals surface area contributed by atoms with E-state index in [9.17, 15) is 8.78 Å². The molecule has 0 aliphatic carbocycles. The molecule has 1 aliphatic heterocycles. The third-order valence-electron chi connectivity index (χ3n) is 3.92. The SMILES string of the molecule is CN(CCc1ccc(F)c(F)c1)C1CNC(C)(C)C1. The summed E-state index contributed by atoms with van der Waals surface area (Å²) < 4.78 is 25.9. The number of nitrogens with one attached hydrogen (secondary N) is 1. The Morgan fingerprint density at radius 3 is 2.63 bits per heavy atom. The lowest BCUT2D eigenvalue weighted by Crippen LogP contribution is -2.34. The van der Waals surface area contributed by atoms with E-state index < -0.39 is 11.6 Å². The van der Waals surface area contributed by atoms with Gasteiger partial charge >= 0.3 is 0 Å². The van der Waals surface area contributed by atoms with Crippen LogP contribution in [-0.4, -0.2) is 36.6 Å². The molecule has 1 aromatic carbocycles. The molecule has 1 aliphatic rings. The Morgan fingerprint density at radius 1 is 1.32 bits per heavy atom. The highest BCUT2D eigenvalue weighted by molar-refractivity contribution is 5.18. The Labute approximate surface area is 113 Å². The van der Waals surface area contributed by atoms with E-state index in [-0.39, 0.29) is 5.54 Å². The van der Waals surface area contributed by atoms with Crippen LogP contribution in [0.5, 0.6) is 0 Å². The van der Waals surface area contributed by atoms with Crippen molar-refractivity contribution >= 4 is 0 Å². The molecule has 1 unspecified atom stereocenters. The fourth-order valence-corrected chi connectivity index (χ4v) is 2.62. The highest BCUT2D eigenvalue weighted by Gasteiger charge is 2.32. The maximum Gasteiger partial charge on any atom is 0.159 e. The summed E-state index contributed by atoms with van der Waals surface area (Å²) in [6.45, 7) is 6.25. The Hall–Kier alpha value is -1.00. The minimum atomic E-state index is -0.779. The molecule has 106 valence electrons. The van der Waals surface area contributed by atoms with Crippen molar-refractivity contribution in [2.75, 3.05) is 20.1 Å². The van der Waals surface area contributed by atoms with Gasteiger partial charge in [-0.25, -0.2) is 8.78 Å². The predicted molar refractivity (Wildman–Crippen MR) is 73.2 cm³/mol. The van der Waals surface area contributed by atoms with E-state index in [0.717, 1.165) is 31.5 Å². The summed E-state index contributed by atoms with van der Waals surface area (Å²) in [4.78, 5) is 2.29. The molecule has 0 aromatic heterocycles. The molecule has 1 heterocycles. The molecule has 1 aromatic rings. The Morgan fingerprint density at radius 2 is 2.05 bits per heavy atom. The molecule has 19 heavy (non-hydrogen) atoms. The number of hydrogen-bond donors (Lipinski definition) is 1. The topological polar surface area (TPSA) is 15.3 Å². The van der Waals surface area contributed by atoms with Gasteiger partial charge in [0.05, 0.1) is 0 Å². The number of benzene rings is 1. The summed E-state index contributed by atoms with van der Waals surface area (Å²) in [5, 5.41) is 3.49. The summed E-state index contributed by atoms with van der Waals surface area (Å²) in [6.07, 6.45) is 1.85. The van der Waals surface area contributed by atoms with Crippen LogP contribution in [0, 0.1) is 11.6 Å². The monoisotopic (exact) mass is 268 g/mol. The fourth-order valence-electron chi connectivity index (χ4n) is 2.62. The minimum absolute atomic E-state index is 0.195. The standard InChI is InChI=1S/C15H22F2N2/c1-15(2)9-12(10-18-15)19(3)7-6-11-4-5-13(16)14(17)8-11/h4-5,8,12,18H,6-7,9-10H2,1-3H3. The molecular weight excluding hydrogens is 246 g/mol. The Kier molecular flexibility index (Phi) is 4.21. The van der Waals surface area contributed by atoms with Crippen LogP contribution in [0.3, 0.4) is 0 Å². The highest BCUT2D eigenvalue weighted by Crippen LogP contribution is 2.21. The van der Waals surface area contributed by atoms with Crippen LogP contribution in [-0.2, 0) is 6.42 Å². The summed E-state index contributed by atoms with van der Waals surface area (Å²) in [7, 11) is 2.09. The number of likely N-dealkylation sites (N-methyl/N-ethyl adjacent to an activating group) is 1. The quantitative estimate of drug-likeness (QED) is 0.903. The number of hydrogen-bond acceptors (Lipinski definition) is 2. The first-order chi connectivity index (χ1) is 8.87. The lowest BCUT2D eigenvalue weighted by Gasteiger charge is -2.25. The van der Waals surface area contributed by atoms with Crippen molar-refractivity contribution in [1.82, 2.24) is 10.2 Å². The molecule has 1 N–H and O–H groups in total. The van der Waals surface area contributed by atoms with Gasteiger partial charge in [-0.1, -0.05) is 6.07 Å². The van der Waals surface area contributed by atoms with E-state index in [0.29, 0.717) is 6.04 Å². The minimum Gasteiger partial charge on any atom is -0.310 e. The number of nitrogens with zero attached hydrogens (tertiary/aromatic N) is 1. The van der Waals surface area contributed by atoms with Crippen LogP contribution in [0.25, 0.3) is 0 Å². The van der Waals surface area contributed by atoms with Crippen molar-refractivity contribution in [3.8, 4) is 0 Å². The first-order valence-corrected chi connectivity index (χ1v) is 6.76. The molecule has 2 rings (SSSR count). The first kappa shape index (κ1) is 14.4. The van der Waals surface area contributed by atoms with Crippen molar-refractivity contribution in [2.24, 2.45) is 0 Å². The zero-order chi connectivity index (χ0) is 14.0. The van der Waals surface area contributed by atoms with Gasteiger partial charge in [0.2, 0.25) is 0 Å². The third-order valence-corrected chi connectivity index (χ3v) is 3.92. The smallest absolute Gasteiger partial charge is 0.159 e. The lowest BCUT2D eigenvalue weighted by atomic mass is 10.0. The molecule has 1 atom stereocenters. The van der Waals surface area contributed by atoms with Crippen LogP contribution >= 0.6 is 0 Å². The lowest BCUT2D eigenvalue weighted by molar-refractivity contribution is 0.251. The predicted octanol–water partition coefficient (Wildman–Crippen LogP) is 2.58. The molecule has 4 heteroatoms. The van der Waals surface area contributed by atoms with Crippen LogP contribution in [0.4, 0.5) is 8.78 Å². The molecule has 0 radical (unpaired) electrons. The average Bonchev–Trinajstić information content (AvgIpc) is 2.71. The summed E-state index contributed by atoms with van der Waals surface area (Å²) in [5.41, 5.74) is 1.04. The Bertz CT molecular complexity index is 446. The maximum atomic E-state index is 13.1. The molecule has 2 nitrogen and oxygen atoms in total. The van der Waals surface area contributed by atoms with E-state index in [1.54, 1.807) is 6.07 Å². The normalized spacial score (nSPS) is 22.1. The molecule has 0 saturated carbocycles. The van der Waals surface area contributed by atoms with Gasteiger partial charge in [-0.2, -0.15) is 0 Å². The van der Waals surface area contributed by atoms with Crippen LogP contribution < -0.4 is 5.32 Å². The van der Waals surface area contributed by atoms with Gasteiger partial charge in [-0.15, -0.1) is 0 Å². The van der Waals surface area contributed by atoms with E-state index in [2.05, 4.69) is 31.1 Å². The number of rotatable bonds is 4. The summed E-state index contributed by atoms with van der Waals surface area (Å²) in [5.74, 6) is -1.54. The first-order valence-electron chi connectivity index (χ1n) is 6.76. The average molecular weight is 268 g/mol. The molecule has 0 amide bonds. The van der Waals surface area contributed by atoms with Crippen molar-refractivity contribution in [1.29, 1.82) is 0 Å². The van der Waals surface area contributed by atoms with Gasteiger partial charge in [0.25, 0.3) is 0 Å². The van der Waals surface area contributed by atoms with E-state index >= 15 is 0 Å². The van der Waals surface area contributed by atoms with Gasteiger partial charge in [0, 0.05) is 24.7 Å². The van der Waals surface area contributed by atoms with Crippen LogP contribution in [0.1, 0.15) is 25.8 Å². The third kappa shape index (κ3) is 3.74. The van der Waals surface area contributed by atoms with Gasteiger partial charge in [-0.3, -0.25) is 0 Å². The van der Waals surface area contributed by atoms with Gasteiger partial charge < -0.3 is 10.2 Å². The Balaban J connectivity index is 1.86. The van der Waals surface area contributed by atoms with Crippen molar-refractivity contribution in [3.63, 3.8) is 0 Å². The molecule has 0 spiro atoms. The zero-order valence-electron chi connectivity index (χ0n) is 11.8. The second-order valence-corrected chi connectivity index (χ2v) is 6.10. The van der Waals surface area contributed by atoms with Crippen molar-refractivity contribution in [3.05, 3.63) is 35.4 Å². The summed E-state index contributed by atoms with van der Waals surface area (Å²) >= 11 is 0. The zero-order valence-corrected chi connectivity index (χ0v) is 11.8. The second kappa shape index (κ2) is 5.55. The van der Waals surface area contributed by atoms with Crippen molar-refractivity contribution < 1.29 is 8.78 Å². The van der Waals surface area contributed by atoms with Gasteiger partial charge in [0.1, 0.15) is 0 Å². The fraction of sp³-hybridized carbons (Fsp3) is 0.600. The number of halogens is 2. The maximum absolute atomic E-state index is 13.1. The molecule has 0 bridgehead atoms. The van der Waals surface area contributed by atoms with E-state index in [1.807, 2.05) is 0 Å². The van der Waals surface area contributed by atoms with E-state index in [1.165, 1.54) is 12.1 Å². The van der Waals surface area contributed by atoms with E-state index in [4.69, 9.17) is 0 Å². The van der Waals surface area contributed by atoms with Crippen LogP contribution in [0.15, 0.2) is 18.2 Å². The van der Waals surface area contributed by atoms with Gasteiger partial charge in [0.15, 0.2) is 11.6 Å². The molecule has 1 fully saturated rings. The summed E-state index contributed by atoms with van der Waals surface area (Å²) in [6, 6.07) is 4.66. The second-order valence-electron chi connectivity index (χ2n) is 6.10. The van der Waals surface area contributed by atoms with Crippen molar-refractivity contribution in [2.45, 2.75) is 38.3 Å². The largest absolute Gasteiger partial charge is 0.310 e. The van der Waals surface area contributed by atoms with Crippen LogP contribution in [0.2, 0.25) is 0 Å². The highest BCUT2D eigenvalue weighted by atomic mass is 19.2. The molecule has 1 saturated heterocycles.